The molecule has 0 aliphatic carbocycles. The first-order valence-electron chi connectivity index (χ1n) is 7.84. The van der Waals surface area contributed by atoms with Crippen LogP contribution in [0.25, 0.3) is 0 Å². The molecule has 3 rings (SSSR count). The monoisotopic (exact) mass is 361 g/mol. The lowest BCUT2D eigenvalue weighted by molar-refractivity contribution is -0.137. The average molecular weight is 361 g/mol. The number of carbonyl (C=O) groups is 1. The summed E-state index contributed by atoms with van der Waals surface area (Å²) in [5, 5.41) is 8.35. The number of benzene rings is 2. The fourth-order valence-electron chi connectivity index (χ4n) is 2.55. The van der Waals surface area contributed by atoms with Crippen molar-refractivity contribution in [3.63, 3.8) is 0 Å². The predicted octanol–water partition coefficient (Wildman–Crippen LogP) is 3.39. The molecule has 1 aliphatic rings. The maximum atomic E-state index is 12.2. The van der Waals surface area contributed by atoms with Crippen molar-refractivity contribution in [2.24, 2.45) is 10.7 Å². The van der Waals surface area contributed by atoms with Crippen molar-refractivity contribution in [2.45, 2.75) is 25.8 Å². The van der Waals surface area contributed by atoms with Crippen molar-refractivity contribution in [1.29, 1.82) is 0 Å². The van der Waals surface area contributed by atoms with Crippen molar-refractivity contribution in [3.05, 3.63) is 64.7 Å². The van der Waals surface area contributed by atoms with Gasteiger partial charge in [0.15, 0.2) is 7.28 Å². The molecule has 1 aliphatic heterocycles. The number of halogens is 3. The SMILES string of the molecule is Cc1cccc(/C(N)=N/C(=O)O)c1.FC(F)(F)c1ccc2c(c1)CC[B]2. The first-order chi connectivity index (χ1) is 12.2. The summed E-state index contributed by atoms with van der Waals surface area (Å²) >= 11 is 0. The van der Waals surface area contributed by atoms with Crippen LogP contribution in [-0.2, 0) is 12.6 Å². The van der Waals surface area contributed by atoms with Gasteiger partial charge in [-0.2, -0.15) is 18.2 Å². The van der Waals surface area contributed by atoms with Gasteiger partial charge in [-0.1, -0.05) is 53.2 Å². The Hall–Kier alpha value is -2.77. The summed E-state index contributed by atoms with van der Waals surface area (Å²) < 4.78 is 36.7. The Kier molecular flexibility index (Phi) is 6.08. The van der Waals surface area contributed by atoms with Gasteiger partial charge in [0, 0.05) is 5.56 Å². The lowest BCUT2D eigenvalue weighted by atomic mass is 9.72. The fourth-order valence-corrected chi connectivity index (χ4v) is 2.55. The summed E-state index contributed by atoms with van der Waals surface area (Å²) in [6.07, 6.45) is -3.90. The predicted molar refractivity (Wildman–Crippen MR) is 95.3 cm³/mol. The molecule has 0 saturated carbocycles. The molecule has 3 N–H and O–H groups in total. The molecule has 1 amide bonds. The largest absolute Gasteiger partial charge is 0.463 e. The molecule has 26 heavy (non-hydrogen) atoms. The minimum Gasteiger partial charge on any atom is -0.463 e. The number of amidine groups is 1. The highest BCUT2D eigenvalue weighted by Crippen LogP contribution is 2.29. The molecule has 135 valence electrons. The molecule has 0 atom stereocenters. The number of hydrogen-bond acceptors (Lipinski definition) is 1. The Morgan fingerprint density at radius 1 is 1.23 bits per heavy atom. The maximum absolute atomic E-state index is 12.2. The summed E-state index contributed by atoms with van der Waals surface area (Å²) in [5.41, 5.74) is 8.30. The van der Waals surface area contributed by atoms with Crippen molar-refractivity contribution in [1.82, 2.24) is 0 Å². The van der Waals surface area contributed by atoms with Crippen LogP contribution in [0.3, 0.4) is 0 Å². The van der Waals surface area contributed by atoms with Gasteiger partial charge < -0.3 is 10.8 Å². The van der Waals surface area contributed by atoms with E-state index in [1.54, 1.807) is 24.3 Å². The van der Waals surface area contributed by atoms with E-state index >= 15 is 0 Å². The minimum absolute atomic E-state index is 0.0243. The lowest BCUT2D eigenvalue weighted by Gasteiger charge is -2.08. The van der Waals surface area contributed by atoms with Gasteiger partial charge in [0.05, 0.1) is 5.56 Å². The van der Waals surface area contributed by atoms with Crippen LogP contribution in [0.4, 0.5) is 18.0 Å². The van der Waals surface area contributed by atoms with Gasteiger partial charge in [0.25, 0.3) is 0 Å². The third-order valence-electron chi connectivity index (χ3n) is 3.78. The summed E-state index contributed by atoms with van der Waals surface area (Å²) in [6.45, 7) is 1.90. The quantitative estimate of drug-likeness (QED) is 0.465. The summed E-state index contributed by atoms with van der Waals surface area (Å²) in [4.78, 5) is 13.4. The van der Waals surface area contributed by atoms with Crippen molar-refractivity contribution in [2.75, 3.05) is 0 Å². The first-order valence-corrected chi connectivity index (χ1v) is 7.84. The second-order valence-corrected chi connectivity index (χ2v) is 5.80. The Labute approximate surface area is 149 Å². The molecule has 0 unspecified atom stereocenters. The molecule has 4 nitrogen and oxygen atoms in total. The highest BCUT2D eigenvalue weighted by molar-refractivity contribution is 6.55. The van der Waals surface area contributed by atoms with E-state index in [2.05, 4.69) is 4.99 Å². The van der Waals surface area contributed by atoms with Crippen LogP contribution in [0.5, 0.6) is 0 Å². The number of alkyl halides is 3. The Bertz CT molecular complexity index is 835. The number of aliphatic imine (C=N–C) groups is 1. The Morgan fingerprint density at radius 2 is 1.96 bits per heavy atom. The van der Waals surface area contributed by atoms with E-state index < -0.39 is 17.8 Å². The first kappa shape index (κ1) is 19.6. The number of nitrogens with zero attached hydrogens (tertiary/aromatic N) is 1. The summed E-state index contributed by atoms with van der Waals surface area (Å²) in [7, 11) is 1.97. The van der Waals surface area contributed by atoms with Gasteiger partial charge in [-0.15, -0.1) is 0 Å². The van der Waals surface area contributed by atoms with E-state index in [-0.39, 0.29) is 5.84 Å². The molecule has 0 saturated heterocycles. The third-order valence-corrected chi connectivity index (χ3v) is 3.78. The zero-order valence-corrected chi connectivity index (χ0v) is 14.0. The van der Waals surface area contributed by atoms with Crippen LogP contribution < -0.4 is 11.2 Å². The Morgan fingerprint density at radius 3 is 2.58 bits per heavy atom. The summed E-state index contributed by atoms with van der Waals surface area (Å²) in [5.74, 6) is 0.0243. The van der Waals surface area contributed by atoms with Gasteiger partial charge in [-0.25, -0.2) is 4.79 Å². The average Bonchev–Trinajstić information content (AvgIpc) is 3.01. The van der Waals surface area contributed by atoms with Crippen LogP contribution in [0.1, 0.15) is 22.3 Å². The van der Waals surface area contributed by atoms with E-state index in [4.69, 9.17) is 10.8 Å². The number of hydrogen-bond donors (Lipinski definition) is 2. The minimum atomic E-state index is -4.21. The molecule has 2 aromatic carbocycles. The van der Waals surface area contributed by atoms with E-state index in [0.717, 1.165) is 35.4 Å². The van der Waals surface area contributed by atoms with Gasteiger partial charge in [-0.05, 0) is 25.5 Å². The van der Waals surface area contributed by atoms with Gasteiger partial charge in [0.1, 0.15) is 5.84 Å². The standard InChI is InChI=1S/C9H7BF3.C9H10N2O2/c11-9(12,13)7-1-2-8-6(5-7)3-4-10-8;1-6-3-2-4-7(5-6)8(10)11-9(12)13/h1-2,5H,3-4H2;2-5H,1H3,(H2,10,11)(H,12,13). The van der Waals surface area contributed by atoms with Crippen molar-refractivity contribution in [3.8, 4) is 0 Å². The number of nitrogens with two attached hydrogens (primary N) is 1. The summed E-state index contributed by atoms with van der Waals surface area (Å²) in [6, 6.07) is 11.1. The van der Waals surface area contributed by atoms with Crippen molar-refractivity contribution >= 4 is 24.7 Å². The number of fused-ring (bicyclic) bond motifs is 1. The number of rotatable bonds is 1. The molecule has 2 aromatic rings. The van der Waals surface area contributed by atoms with Crippen LogP contribution in [0.2, 0.25) is 6.32 Å². The van der Waals surface area contributed by atoms with E-state index in [9.17, 15) is 18.0 Å². The van der Waals surface area contributed by atoms with Crippen LogP contribution >= 0.6 is 0 Å². The van der Waals surface area contributed by atoms with Crippen LogP contribution in [0.15, 0.2) is 47.5 Å². The van der Waals surface area contributed by atoms with E-state index in [1.807, 2.05) is 20.3 Å². The van der Waals surface area contributed by atoms with Crippen LogP contribution in [0, 0.1) is 6.92 Å². The topological polar surface area (TPSA) is 75.7 Å². The Balaban J connectivity index is 0.000000187. The highest BCUT2D eigenvalue weighted by atomic mass is 19.4. The number of carboxylic acid groups (broad SMARTS) is 1. The molecule has 0 bridgehead atoms. The smallest absolute Gasteiger partial charge is 0.433 e. The molecular formula is C18H17BF3N2O2. The molecular weight excluding hydrogens is 344 g/mol. The maximum Gasteiger partial charge on any atom is 0.433 e. The van der Waals surface area contributed by atoms with E-state index in [1.165, 1.54) is 6.07 Å². The van der Waals surface area contributed by atoms with E-state index in [0.29, 0.717) is 5.56 Å². The van der Waals surface area contributed by atoms with Crippen LogP contribution in [-0.4, -0.2) is 24.3 Å². The third kappa shape index (κ3) is 5.37. The number of amides is 1. The van der Waals surface area contributed by atoms with Gasteiger partial charge in [0.2, 0.25) is 0 Å². The molecule has 1 heterocycles. The normalized spacial score (nSPS) is 13.3. The zero-order chi connectivity index (χ0) is 19.3. The second-order valence-electron chi connectivity index (χ2n) is 5.80. The lowest BCUT2D eigenvalue weighted by Crippen LogP contribution is -2.15. The van der Waals surface area contributed by atoms with Gasteiger partial charge in [-0.3, -0.25) is 0 Å². The zero-order valence-electron chi connectivity index (χ0n) is 14.0. The molecule has 0 fully saturated rings. The highest BCUT2D eigenvalue weighted by Gasteiger charge is 2.31. The molecule has 0 aromatic heterocycles. The molecule has 0 spiro atoms. The second kappa shape index (κ2) is 8.08. The number of aryl methyl sites for hydroxylation is 2. The van der Waals surface area contributed by atoms with Gasteiger partial charge >= 0.3 is 12.3 Å². The van der Waals surface area contributed by atoms with Crippen molar-refractivity contribution < 1.29 is 23.1 Å². The molecule has 8 heteroatoms. The molecule has 1 radical (unpaired) electrons. The fraction of sp³-hybridized carbons (Fsp3) is 0.222.